The molecule has 0 aliphatic heterocycles. The highest BCUT2D eigenvalue weighted by molar-refractivity contribution is 5.75. The zero-order chi connectivity index (χ0) is 26.2. The first-order chi connectivity index (χ1) is 18.0. The summed E-state index contributed by atoms with van der Waals surface area (Å²) in [5.41, 5.74) is 0. The Hall–Kier alpha value is -1.91. The number of rotatable bonds is 10. The van der Waals surface area contributed by atoms with Gasteiger partial charge in [-0.15, -0.1) is 0 Å². The molecule has 5 heteroatoms. The van der Waals surface area contributed by atoms with Gasteiger partial charge in [0.05, 0.1) is 5.92 Å². The number of unbranched alkanes of at least 4 members (excludes halogenated alkanes) is 2. The van der Waals surface area contributed by atoms with Crippen LogP contribution in [0, 0.1) is 47.1 Å². The summed E-state index contributed by atoms with van der Waals surface area (Å²) in [6.45, 7) is 4.26. The van der Waals surface area contributed by atoms with Crippen molar-refractivity contribution < 1.29 is 23.0 Å². The normalized spacial score (nSPS) is 30.2. The molecule has 3 fully saturated rings. The molecule has 4 unspecified atom stereocenters. The molecule has 3 aliphatic rings. The van der Waals surface area contributed by atoms with E-state index in [0.717, 1.165) is 37.0 Å². The molecule has 206 valence electrons. The lowest BCUT2D eigenvalue weighted by Gasteiger charge is -2.46. The molecule has 0 aromatic heterocycles. The van der Waals surface area contributed by atoms with Crippen LogP contribution in [0.4, 0.5) is 8.78 Å². The number of halogens is 2. The molecule has 0 bridgehead atoms. The number of carbonyl (C=O) groups excluding carboxylic acids is 1. The van der Waals surface area contributed by atoms with E-state index >= 15 is 0 Å². The predicted octanol–water partition coefficient (Wildman–Crippen LogP) is 9.04. The monoisotopic (exact) mass is 516 g/mol. The van der Waals surface area contributed by atoms with Crippen molar-refractivity contribution in [3.8, 4) is 11.5 Å². The van der Waals surface area contributed by atoms with E-state index in [2.05, 4.69) is 6.92 Å². The first-order valence-corrected chi connectivity index (χ1v) is 14.9. The van der Waals surface area contributed by atoms with Gasteiger partial charge in [-0.05, 0) is 87.2 Å². The highest BCUT2D eigenvalue weighted by atomic mass is 19.2. The van der Waals surface area contributed by atoms with Gasteiger partial charge in [-0.3, -0.25) is 4.79 Å². The fourth-order valence-corrected chi connectivity index (χ4v) is 7.47. The van der Waals surface area contributed by atoms with Crippen LogP contribution in [0.1, 0.15) is 104 Å². The van der Waals surface area contributed by atoms with Crippen LogP contribution in [0.15, 0.2) is 24.3 Å². The summed E-state index contributed by atoms with van der Waals surface area (Å²) in [5.74, 6) is 0.0141. The predicted molar refractivity (Wildman–Crippen MR) is 144 cm³/mol. The van der Waals surface area contributed by atoms with Gasteiger partial charge in [0.15, 0.2) is 11.5 Å². The van der Waals surface area contributed by atoms with Crippen molar-refractivity contribution in [2.75, 3.05) is 6.61 Å². The molecule has 3 saturated carbocycles. The Balaban J connectivity index is 1.30. The van der Waals surface area contributed by atoms with E-state index in [0.29, 0.717) is 11.8 Å². The number of esters is 1. The van der Waals surface area contributed by atoms with Gasteiger partial charge in [0, 0.05) is 0 Å². The fraction of sp³-hybridized carbons (Fsp3) is 0.719. The summed E-state index contributed by atoms with van der Waals surface area (Å²) in [5, 5.41) is 0. The van der Waals surface area contributed by atoms with E-state index in [1.54, 1.807) is 12.2 Å². The number of hydrogen-bond donors (Lipinski definition) is 0. The lowest BCUT2D eigenvalue weighted by atomic mass is 9.59. The molecule has 4 rings (SSSR count). The van der Waals surface area contributed by atoms with Gasteiger partial charge >= 0.3 is 5.97 Å². The van der Waals surface area contributed by atoms with Crippen LogP contribution in [0.5, 0.6) is 11.5 Å². The number of fused-ring (bicyclic) bond motifs is 1. The van der Waals surface area contributed by atoms with E-state index in [-0.39, 0.29) is 24.0 Å². The highest BCUT2D eigenvalue weighted by Gasteiger charge is 2.43. The molecular weight excluding hydrogens is 470 g/mol. The minimum Gasteiger partial charge on any atom is -0.486 e. The van der Waals surface area contributed by atoms with Gasteiger partial charge < -0.3 is 9.47 Å². The molecule has 4 atom stereocenters. The Kier molecular flexibility index (Phi) is 10.5. The van der Waals surface area contributed by atoms with Gasteiger partial charge in [-0.2, -0.15) is 8.78 Å². The standard InChI is InChI=1S/C32H46F2O3/c1-3-5-7-9-22-12-14-23(15-13-22)24-16-17-26-25(21-24)10-8-11-27(26)32(35)37-29-19-18-28(30(33)31(29)34)36-20-6-4-2/h4,6,18-19,22-27H,3,5,7-17,20-21H2,1-2H3/b6-4+. The van der Waals surface area contributed by atoms with Crippen molar-refractivity contribution in [3.63, 3.8) is 0 Å². The third-order valence-electron chi connectivity index (χ3n) is 9.56. The molecule has 3 nitrogen and oxygen atoms in total. The summed E-state index contributed by atoms with van der Waals surface area (Å²) in [7, 11) is 0. The number of ether oxygens (including phenoxy) is 2. The summed E-state index contributed by atoms with van der Waals surface area (Å²) in [6, 6.07) is 2.63. The number of hydrogen-bond acceptors (Lipinski definition) is 3. The Labute approximate surface area is 222 Å². The minimum absolute atomic E-state index is 0.151. The fourth-order valence-electron chi connectivity index (χ4n) is 7.47. The highest BCUT2D eigenvalue weighted by Crippen LogP contribution is 2.50. The maximum atomic E-state index is 14.7. The van der Waals surface area contributed by atoms with Crippen molar-refractivity contribution in [1.82, 2.24) is 0 Å². The van der Waals surface area contributed by atoms with E-state index in [1.165, 1.54) is 82.8 Å². The number of allylic oxidation sites excluding steroid dienone is 1. The van der Waals surface area contributed by atoms with Crippen LogP contribution in [-0.4, -0.2) is 12.6 Å². The second kappa shape index (κ2) is 13.8. The van der Waals surface area contributed by atoms with Crippen molar-refractivity contribution >= 4 is 5.97 Å². The summed E-state index contributed by atoms with van der Waals surface area (Å²) >= 11 is 0. The second-order valence-electron chi connectivity index (χ2n) is 11.8. The van der Waals surface area contributed by atoms with E-state index < -0.39 is 17.6 Å². The number of benzene rings is 1. The summed E-state index contributed by atoms with van der Waals surface area (Å²) < 4.78 is 39.8. The van der Waals surface area contributed by atoms with Gasteiger partial charge in [0.2, 0.25) is 11.6 Å². The van der Waals surface area contributed by atoms with Crippen molar-refractivity contribution in [2.24, 2.45) is 35.5 Å². The smallest absolute Gasteiger partial charge is 0.314 e. The topological polar surface area (TPSA) is 35.5 Å². The van der Waals surface area contributed by atoms with E-state index in [1.807, 2.05) is 6.92 Å². The molecule has 0 radical (unpaired) electrons. The molecule has 1 aromatic carbocycles. The molecular formula is C32H46F2O3. The maximum Gasteiger partial charge on any atom is 0.314 e. The summed E-state index contributed by atoms with van der Waals surface area (Å²) in [6.07, 6.45) is 20.9. The largest absolute Gasteiger partial charge is 0.486 e. The zero-order valence-corrected chi connectivity index (χ0v) is 22.9. The van der Waals surface area contributed by atoms with Gasteiger partial charge in [-0.25, -0.2) is 0 Å². The molecule has 37 heavy (non-hydrogen) atoms. The maximum absolute atomic E-state index is 14.7. The van der Waals surface area contributed by atoms with Gasteiger partial charge in [-0.1, -0.05) is 70.4 Å². The van der Waals surface area contributed by atoms with Crippen LogP contribution in [0.25, 0.3) is 0 Å². The lowest BCUT2D eigenvalue weighted by molar-refractivity contribution is -0.144. The minimum atomic E-state index is -1.16. The van der Waals surface area contributed by atoms with Gasteiger partial charge in [0.25, 0.3) is 0 Å². The van der Waals surface area contributed by atoms with Crippen molar-refractivity contribution in [1.29, 1.82) is 0 Å². The Morgan fingerprint density at radius 2 is 1.65 bits per heavy atom. The Morgan fingerprint density at radius 1 is 0.919 bits per heavy atom. The van der Waals surface area contributed by atoms with Crippen LogP contribution in [0.3, 0.4) is 0 Å². The molecule has 3 aliphatic carbocycles. The second-order valence-corrected chi connectivity index (χ2v) is 11.8. The van der Waals surface area contributed by atoms with E-state index in [4.69, 9.17) is 9.47 Å². The first-order valence-electron chi connectivity index (χ1n) is 14.9. The van der Waals surface area contributed by atoms with Crippen molar-refractivity contribution in [2.45, 2.75) is 104 Å². The van der Waals surface area contributed by atoms with Crippen molar-refractivity contribution in [3.05, 3.63) is 35.9 Å². The van der Waals surface area contributed by atoms with Crippen LogP contribution < -0.4 is 9.47 Å². The SMILES string of the molecule is C/C=C/COc1ccc(OC(=O)C2CCCC3CC(C4CCC(CCCCC)CC4)CCC32)c(F)c1F. The van der Waals surface area contributed by atoms with Crippen LogP contribution >= 0.6 is 0 Å². The van der Waals surface area contributed by atoms with Crippen LogP contribution in [0.2, 0.25) is 0 Å². The molecule has 0 saturated heterocycles. The molecule has 0 spiro atoms. The average molecular weight is 517 g/mol. The quantitative estimate of drug-likeness (QED) is 0.135. The van der Waals surface area contributed by atoms with E-state index in [9.17, 15) is 13.6 Å². The Morgan fingerprint density at radius 3 is 2.41 bits per heavy atom. The summed E-state index contributed by atoms with van der Waals surface area (Å²) in [4.78, 5) is 13.2. The third kappa shape index (κ3) is 7.15. The third-order valence-corrected chi connectivity index (χ3v) is 9.56. The zero-order valence-electron chi connectivity index (χ0n) is 22.9. The number of carbonyl (C=O) groups is 1. The Bertz CT molecular complexity index is 906. The average Bonchev–Trinajstić information content (AvgIpc) is 2.92. The van der Waals surface area contributed by atoms with Crippen LogP contribution in [-0.2, 0) is 4.79 Å². The first kappa shape index (κ1) is 28.1. The van der Waals surface area contributed by atoms with Gasteiger partial charge in [0.1, 0.15) is 6.61 Å². The molecule has 1 aromatic rings. The molecule has 0 amide bonds. The molecule has 0 heterocycles. The lowest BCUT2D eigenvalue weighted by Crippen LogP contribution is -2.40. The molecule has 0 N–H and O–H groups in total.